The van der Waals surface area contributed by atoms with Gasteiger partial charge in [0, 0.05) is 0 Å². The van der Waals surface area contributed by atoms with E-state index in [2.05, 4.69) is 0 Å². The number of benzene rings is 2. The van der Waals surface area contributed by atoms with Crippen LogP contribution in [0.25, 0.3) is 0 Å². The van der Waals surface area contributed by atoms with Gasteiger partial charge in [-0.3, -0.25) is 0 Å². The van der Waals surface area contributed by atoms with Crippen LogP contribution in [0.15, 0.2) is 60.7 Å². The quantitative estimate of drug-likeness (QED) is 0.171. The van der Waals surface area contributed by atoms with Crippen molar-refractivity contribution >= 4 is 7.60 Å². The summed E-state index contributed by atoms with van der Waals surface area (Å²) in [6, 6.07) is 9.55. The molecule has 0 amide bonds. The highest BCUT2D eigenvalue weighted by atomic mass is 31.2. The molecular weight excluding hydrogens is 468 g/mol. The second kappa shape index (κ2) is 9.79. The van der Waals surface area contributed by atoms with E-state index in [1.807, 2.05) is 0 Å². The van der Waals surface area contributed by atoms with Gasteiger partial charge in [0.05, 0.1) is 12.6 Å². The fourth-order valence-corrected chi connectivity index (χ4v) is 4.22. The Kier molecular flexibility index (Phi) is 7.80. The van der Waals surface area contributed by atoms with Crippen LogP contribution in [0.3, 0.4) is 0 Å². The van der Waals surface area contributed by atoms with Gasteiger partial charge in [-0.1, -0.05) is 36.4 Å². The number of halogens is 7. The van der Waals surface area contributed by atoms with Crippen molar-refractivity contribution in [2.24, 2.45) is 0 Å². The molecule has 0 saturated heterocycles. The molecular formula is C19H16F7N2O3P. The Morgan fingerprint density at radius 1 is 0.844 bits per heavy atom. The summed E-state index contributed by atoms with van der Waals surface area (Å²) >= 11 is 0. The maximum atomic E-state index is 14.5. The Morgan fingerprint density at radius 2 is 1.28 bits per heavy atom. The molecule has 0 aliphatic heterocycles. The van der Waals surface area contributed by atoms with E-state index >= 15 is 0 Å². The largest absolute Gasteiger partial charge is 0.444 e. The van der Waals surface area contributed by atoms with Gasteiger partial charge in [-0.05, 0) is 24.3 Å². The van der Waals surface area contributed by atoms with E-state index in [0.29, 0.717) is 0 Å². The number of nitrogens with zero attached hydrogens (tertiary/aromatic N) is 2. The van der Waals surface area contributed by atoms with Gasteiger partial charge in [0.1, 0.15) is 24.2 Å². The molecule has 0 atom stereocenters. The first kappa shape index (κ1) is 25.5. The lowest BCUT2D eigenvalue weighted by molar-refractivity contribution is -0.311. The monoisotopic (exact) mass is 484 g/mol. The zero-order valence-corrected chi connectivity index (χ0v) is 17.0. The minimum atomic E-state index is -5.63. The maximum Gasteiger partial charge on any atom is 0.444 e. The summed E-state index contributed by atoms with van der Waals surface area (Å²) in [5.41, 5.74) is 0. The summed E-state index contributed by atoms with van der Waals surface area (Å²) in [5.74, 6) is -5.92. The highest BCUT2D eigenvalue weighted by Crippen LogP contribution is 2.52. The van der Waals surface area contributed by atoms with Crippen molar-refractivity contribution in [1.29, 1.82) is 5.26 Å². The number of alkyl halides is 7. The molecule has 2 rings (SSSR count). The number of para-hydroxylation sites is 2. The van der Waals surface area contributed by atoms with Gasteiger partial charge in [-0.25, -0.2) is 9.46 Å². The van der Waals surface area contributed by atoms with Crippen molar-refractivity contribution in [1.82, 2.24) is 4.90 Å². The molecule has 5 nitrogen and oxygen atoms in total. The fraction of sp³-hybridized carbons (Fsp3) is 0.316. The van der Waals surface area contributed by atoms with Crippen LogP contribution in [0.2, 0.25) is 0 Å². The highest BCUT2D eigenvalue weighted by Gasteiger charge is 2.65. The first-order valence-electron chi connectivity index (χ1n) is 8.81. The Labute approximate surface area is 178 Å². The minimum absolute atomic E-state index is 0.144. The van der Waals surface area contributed by atoms with E-state index in [4.69, 9.17) is 14.3 Å². The fourth-order valence-electron chi connectivity index (χ4n) is 2.48. The van der Waals surface area contributed by atoms with E-state index in [1.165, 1.54) is 48.5 Å². The van der Waals surface area contributed by atoms with Gasteiger partial charge in [-0.15, -0.1) is 0 Å². The molecule has 2 aromatic carbocycles. The molecule has 0 fully saturated rings. The minimum Gasteiger partial charge on any atom is -0.415 e. The van der Waals surface area contributed by atoms with Crippen molar-refractivity contribution in [2.45, 2.75) is 24.6 Å². The van der Waals surface area contributed by atoms with Crippen LogP contribution in [0, 0.1) is 11.3 Å². The Bertz CT molecular complexity index is 921. The number of rotatable bonds is 10. The Hall–Kier alpha value is -2.77. The predicted octanol–water partition coefficient (Wildman–Crippen LogP) is 6.30. The number of nitriles is 1. The highest BCUT2D eigenvalue weighted by molar-refractivity contribution is 7.54. The van der Waals surface area contributed by atoms with Crippen molar-refractivity contribution in [3.05, 3.63) is 60.7 Å². The lowest BCUT2D eigenvalue weighted by Gasteiger charge is -2.36. The molecule has 0 heterocycles. The van der Waals surface area contributed by atoms with Crippen LogP contribution in [0.1, 0.15) is 6.42 Å². The van der Waals surface area contributed by atoms with Crippen molar-refractivity contribution in [3.8, 4) is 17.6 Å². The molecule has 0 bridgehead atoms. The summed E-state index contributed by atoms with van der Waals surface area (Å²) in [7, 11) is -4.79. The third-order valence-corrected chi connectivity index (χ3v) is 5.51. The van der Waals surface area contributed by atoms with Crippen molar-refractivity contribution in [2.75, 3.05) is 12.8 Å². The van der Waals surface area contributed by atoms with Crippen molar-refractivity contribution in [3.63, 3.8) is 0 Å². The van der Waals surface area contributed by atoms with E-state index in [-0.39, 0.29) is 11.5 Å². The molecule has 174 valence electrons. The van der Waals surface area contributed by atoms with Crippen LogP contribution in [-0.2, 0) is 4.57 Å². The average Bonchev–Trinajstić information content (AvgIpc) is 2.67. The summed E-state index contributed by atoms with van der Waals surface area (Å²) in [4.78, 5) is -0.647. The Morgan fingerprint density at radius 3 is 1.66 bits per heavy atom. The molecule has 2 aromatic rings. The molecule has 0 unspecified atom stereocenters. The summed E-state index contributed by atoms with van der Waals surface area (Å²) in [6.45, 7) is -1.49. The second-order valence-corrected chi connectivity index (χ2v) is 8.32. The molecule has 0 spiro atoms. The standard InChI is InChI=1S/C19H16F7N2O3P/c20-17(21,13-18(22,23)24)19(25,26)28(12-11-27)14-32(29,30-15-7-3-1-4-8-15)31-16-9-5-2-6-10-16/h1-10H,12-14H2. The number of hydrogen-bond acceptors (Lipinski definition) is 5. The number of hydrogen-bond donors (Lipinski definition) is 0. The smallest absolute Gasteiger partial charge is 0.415 e. The van der Waals surface area contributed by atoms with Crippen LogP contribution >= 0.6 is 7.60 Å². The van der Waals surface area contributed by atoms with Crippen LogP contribution in [-0.4, -0.2) is 35.9 Å². The normalized spacial score (nSPS) is 13.0. The summed E-state index contributed by atoms with van der Waals surface area (Å²) in [5, 5.41) is 8.81. The van der Waals surface area contributed by atoms with E-state index in [1.54, 1.807) is 12.1 Å². The molecule has 0 aromatic heterocycles. The van der Waals surface area contributed by atoms with E-state index in [0.717, 1.165) is 6.07 Å². The van der Waals surface area contributed by atoms with Gasteiger partial charge in [0.25, 0.3) is 0 Å². The van der Waals surface area contributed by atoms with Crippen LogP contribution in [0.5, 0.6) is 11.5 Å². The van der Waals surface area contributed by atoms with Gasteiger partial charge in [0.2, 0.25) is 0 Å². The summed E-state index contributed by atoms with van der Waals surface area (Å²) < 4.78 is 118. The van der Waals surface area contributed by atoms with Crippen molar-refractivity contribution < 1.29 is 44.3 Å². The molecule has 13 heteroatoms. The van der Waals surface area contributed by atoms with Crippen LogP contribution < -0.4 is 9.05 Å². The first-order chi connectivity index (χ1) is 14.8. The SMILES string of the molecule is N#CCN(CP(=O)(Oc1ccccc1)Oc1ccccc1)C(F)(F)C(F)(F)CC(F)(F)F. The molecule has 32 heavy (non-hydrogen) atoms. The molecule has 0 N–H and O–H groups in total. The average molecular weight is 484 g/mol. The van der Waals surface area contributed by atoms with E-state index in [9.17, 15) is 35.3 Å². The maximum absolute atomic E-state index is 14.5. The third kappa shape index (κ3) is 6.87. The lowest BCUT2D eigenvalue weighted by atomic mass is 10.2. The lowest BCUT2D eigenvalue weighted by Crippen LogP contribution is -2.56. The predicted molar refractivity (Wildman–Crippen MR) is 99.5 cm³/mol. The van der Waals surface area contributed by atoms with Gasteiger partial charge < -0.3 is 9.05 Å². The molecule has 0 saturated carbocycles. The zero-order valence-electron chi connectivity index (χ0n) is 16.1. The molecule has 0 radical (unpaired) electrons. The van der Waals surface area contributed by atoms with Gasteiger partial charge >= 0.3 is 25.7 Å². The Balaban J connectivity index is 2.42. The van der Waals surface area contributed by atoms with E-state index < -0.39 is 49.9 Å². The molecule has 0 aliphatic carbocycles. The van der Waals surface area contributed by atoms with Crippen LogP contribution in [0.4, 0.5) is 30.7 Å². The zero-order chi connectivity index (χ0) is 24.0. The second-order valence-electron chi connectivity index (χ2n) is 6.45. The molecule has 0 aliphatic rings. The summed E-state index contributed by atoms with van der Waals surface area (Å²) in [6.07, 6.45) is -10.4. The first-order valence-corrected chi connectivity index (χ1v) is 10.5. The topological polar surface area (TPSA) is 62.6 Å². The third-order valence-electron chi connectivity index (χ3n) is 3.84. The van der Waals surface area contributed by atoms with Gasteiger partial charge in [0.15, 0.2) is 0 Å². The van der Waals surface area contributed by atoms with Gasteiger partial charge in [-0.2, -0.15) is 36.0 Å².